The maximum atomic E-state index is 11.9. The zero-order valence-electron chi connectivity index (χ0n) is 9.07. The number of rotatable bonds is 4. The topological polar surface area (TPSA) is 29.1 Å². The third-order valence-corrected chi connectivity index (χ3v) is 2.85. The summed E-state index contributed by atoms with van der Waals surface area (Å²) < 4.78 is 0. The van der Waals surface area contributed by atoms with Crippen LogP contribution in [-0.4, -0.2) is 11.9 Å². The van der Waals surface area contributed by atoms with Crippen molar-refractivity contribution in [3.8, 4) is 0 Å². The van der Waals surface area contributed by atoms with Crippen LogP contribution in [0, 0.1) is 0 Å². The highest BCUT2D eigenvalue weighted by Crippen LogP contribution is 2.23. The van der Waals surface area contributed by atoms with E-state index < -0.39 is 0 Å². The van der Waals surface area contributed by atoms with Gasteiger partial charge in [-0.2, -0.15) is 0 Å². The summed E-state index contributed by atoms with van der Waals surface area (Å²) in [6.45, 7) is 2.06. The maximum absolute atomic E-state index is 11.9. The van der Waals surface area contributed by atoms with Crippen molar-refractivity contribution in [2.24, 2.45) is 0 Å². The summed E-state index contributed by atoms with van der Waals surface area (Å²) in [5, 5.41) is 3.06. The molecule has 1 fully saturated rings. The molecule has 0 saturated heterocycles. The fourth-order valence-electron chi connectivity index (χ4n) is 1.79. The Bertz CT molecular complexity index is 330. The molecule has 0 aromatic heterocycles. The van der Waals surface area contributed by atoms with Crippen molar-refractivity contribution in [1.82, 2.24) is 5.32 Å². The molecule has 1 aromatic carbocycles. The van der Waals surface area contributed by atoms with Crippen molar-refractivity contribution in [2.75, 3.05) is 0 Å². The second kappa shape index (κ2) is 4.47. The Balaban J connectivity index is 2.05. The Morgan fingerprint density at radius 1 is 1.40 bits per heavy atom. The quantitative estimate of drug-likeness (QED) is 0.800. The summed E-state index contributed by atoms with van der Waals surface area (Å²) in [6.07, 6.45) is 3.16. The fourth-order valence-corrected chi connectivity index (χ4v) is 1.79. The molecular formula is C13H17NO. The predicted molar refractivity (Wildman–Crippen MR) is 60.6 cm³/mol. The molecule has 0 unspecified atom stereocenters. The van der Waals surface area contributed by atoms with Crippen LogP contribution in [0.4, 0.5) is 0 Å². The van der Waals surface area contributed by atoms with Gasteiger partial charge >= 0.3 is 0 Å². The van der Waals surface area contributed by atoms with Crippen LogP contribution in [0.1, 0.15) is 37.7 Å². The third-order valence-electron chi connectivity index (χ3n) is 2.85. The molecule has 0 radical (unpaired) electrons. The lowest BCUT2D eigenvalue weighted by Gasteiger charge is -2.14. The summed E-state index contributed by atoms with van der Waals surface area (Å²) >= 11 is 0. The van der Waals surface area contributed by atoms with Crippen LogP contribution in [0.25, 0.3) is 0 Å². The Hall–Kier alpha value is -1.31. The van der Waals surface area contributed by atoms with E-state index in [-0.39, 0.29) is 11.8 Å². The van der Waals surface area contributed by atoms with E-state index in [2.05, 4.69) is 12.2 Å². The highest BCUT2D eigenvalue weighted by atomic mass is 16.2. The average molecular weight is 203 g/mol. The molecule has 1 amide bonds. The first kappa shape index (κ1) is 10.2. The van der Waals surface area contributed by atoms with Crippen LogP contribution < -0.4 is 5.32 Å². The smallest absolute Gasteiger partial charge is 0.227 e. The van der Waals surface area contributed by atoms with Gasteiger partial charge in [0.15, 0.2) is 0 Å². The summed E-state index contributed by atoms with van der Waals surface area (Å²) in [6, 6.07) is 10.5. The van der Waals surface area contributed by atoms with Crippen LogP contribution in [0.15, 0.2) is 30.3 Å². The number of hydrogen-bond donors (Lipinski definition) is 1. The standard InChI is InChI=1S/C13H17NO/c1-2-12(10-6-4-3-5-7-10)13(15)14-11-8-9-11/h3-7,11-12H,2,8-9H2,1H3,(H,14,15)/t12-/m1/s1. The van der Waals surface area contributed by atoms with E-state index >= 15 is 0 Å². The second-order valence-corrected chi connectivity index (χ2v) is 4.15. The first-order chi connectivity index (χ1) is 7.31. The van der Waals surface area contributed by atoms with Gasteiger partial charge in [0.2, 0.25) is 5.91 Å². The van der Waals surface area contributed by atoms with Crippen molar-refractivity contribution >= 4 is 5.91 Å². The summed E-state index contributed by atoms with van der Waals surface area (Å²) in [4.78, 5) is 11.9. The van der Waals surface area contributed by atoms with Gasteiger partial charge in [0.25, 0.3) is 0 Å². The van der Waals surface area contributed by atoms with Crippen molar-refractivity contribution in [3.05, 3.63) is 35.9 Å². The minimum atomic E-state index is 0.0202. The van der Waals surface area contributed by atoms with Crippen LogP contribution in [0.2, 0.25) is 0 Å². The van der Waals surface area contributed by atoms with Crippen LogP contribution in [0.5, 0.6) is 0 Å². The Labute approximate surface area is 90.7 Å². The monoisotopic (exact) mass is 203 g/mol. The van der Waals surface area contributed by atoms with E-state index in [0.717, 1.165) is 24.8 Å². The van der Waals surface area contributed by atoms with Crippen molar-refractivity contribution in [2.45, 2.75) is 38.1 Å². The predicted octanol–water partition coefficient (Wildman–Crippen LogP) is 2.46. The van der Waals surface area contributed by atoms with Gasteiger partial charge in [0.05, 0.1) is 5.92 Å². The van der Waals surface area contributed by atoms with E-state index in [1.54, 1.807) is 0 Å². The molecule has 80 valence electrons. The molecule has 0 aliphatic heterocycles. The van der Waals surface area contributed by atoms with E-state index in [0.29, 0.717) is 6.04 Å². The maximum Gasteiger partial charge on any atom is 0.227 e. The van der Waals surface area contributed by atoms with E-state index in [9.17, 15) is 4.79 Å². The lowest BCUT2D eigenvalue weighted by atomic mass is 9.96. The van der Waals surface area contributed by atoms with Gasteiger partial charge < -0.3 is 5.32 Å². The van der Waals surface area contributed by atoms with Gasteiger partial charge in [-0.25, -0.2) is 0 Å². The Morgan fingerprint density at radius 3 is 2.60 bits per heavy atom. The van der Waals surface area contributed by atoms with Gasteiger partial charge in [-0.15, -0.1) is 0 Å². The molecule has 1 N–H and O–H groups in total. The van der Waals surface area contributed by atoms with Gasteiger partial charge in [-0.05, 0) is 24.8 Å². The molecule has 1 aliphatic carbocycles. The molecule has 1 aromatic rings. The molecule has 2 heteroatoms. The molecule has 1 saturated carbocycles. The number of carbonyl (C=O) groups is 1. The van der Waals surface area contributed by atoms with Crippen LogP contribution in [-0.2, 0) is 4.79 Å². The van der Waals surface area contributed by atoms with Gasteiger partial charge in [-0.1, -0.05) is 37.3 Å². The van der Waals surface area contributed by atoms with Crippen molar-refractivity contribution < 1.29 is 4.79 Å². The SMILES string of the molecule is CC[C@@H](C(=O)NC1CC1)c1ccccc1. The Morgan fingerprint density at radius 2 is 2.07 bits per heavy atom. The number of hydrogen-bond acceptors (Lipinski definition) is 1. The zero-order chi connectivity index (χ0) is 10.7. The molecule has 1 aliphatic rings. The van der Waals surface area contributed by atoms with Crippen LogP contribution in [0.3, 0.4) is 0 Å². The molecule has 0 spiro atoms. The molecule has 15 heavy (non-hydrogen) atoms. The summed E-state index contributed by atoms with van der Waals surface area (Å²) in [5.41, 5.74) is 1.12. The fraction of sp³-hybridized carbons (Fsp3) is 0.462. The lowest BCUT2D eigenvalue weighted by molar-refractivity contribution is -0.122. The van der Waals surface area contributed by atoms with Gasteiger partial charge in [0, 0.05) is 6.04 Å². The first-order valence-electron chi connectivity index (χ1n) is 5.66. The molecule has 2 rings (SSSR count). The van der Waals surface area contributed by atoms with Crippen molar-refractivity contribution in [3.63, 3.8) is 0 Å². The minimum Gasteiger partial charge on any atom is -0.353 e. The van der Waals surface area contributed by atoms with E-state index in [4.69, 9.17) is 0 Å². The minimum absolute atomic E-state index is 0.0202. The number of benzene rings is 1. The molecule has 2 nitrogen and oxygen atoms in total. The number of carbonyl (C=O) groups excluding carboxylic acids is 1. The molecular weight excluding hydrogens is 186 g/mol. The summed E-state index contributed by atoms with van der Waals surface area (Å²) in [7, 11) is 0. The molecule has 0 bridgehead atoms. The van der Waals surface area contributed by atoms with Gasteiger partial charge in [-0.3, -0.25) is 4.79 Å². The first-order valence-corrected chi connectivity index (χ1v) is 5.66. The normalized spacial score (nSPS) is 17.1. The number of amides is 1. The highest BCUT2D eigenvalue weighted by Gasteiger charge is 2.27. The number of nitrogens with one attached hydrogen (secondary N) is 1. The Kier molecular flexibility index (Phi) is 3.05. The largest absolute Gasteiger partial charge is 0.353 e. The zero-order valence-corrected chi connectivity index (χ0v) is 9.07. The summed E-state index contributed by atoms with van der Waals surface area (Å²) in [5.74, 6) is 0.206. The molecule has 0 heterocycles. The van der Waals surface area contributed by atoms with E-state index in [1.807, 2.05) is 30.3 Å². The second-order valence-electron chi connectivity index (χ2n) is 4.15. The van der Waals surface area contributed by atoms with Crippen molar-refractivity contribution in [1.29, 1.82) is 0 Å². The van der Waals surface area contributed by atoms with Gasteiger partial charge in [0.1, 0.15) is 0 Å². The lowest BCUT2D eigenvalue weighted by Crippen LogP contribution is -2.30. The third kappa shape index (κ3) is 2.58. The van der Waals surface area contributed by atoms with Crippen LogP contribution >= 0.6 is 0 Å². The molecule has 1 atom stereocenters. The highest BCUT2D eigenvalue weighted by molar-refractivity contribution is 5.84. The average Bonchev–Trinajstić information content (AvgIpc) is 3.04. The van der Waals surface area contributed by atoms with E-state index in [1.165, 1.54) is 0 Å².